The Kier molecular flexibility index (Phi) is 5.11. The van der Waals surface area contributed by atoms with Gasteiger partial charge in [0, 0.05) is 15.1 Å². The molecule has 21 heavy (non-hydrogen) atoms. The van der Waals surface area contributed by atoms with Crippen LogP contribution in [0.25, 0.3) is 10.1 Å². The van der Waals surface area contributed by atoms with Crippen LogP contribution in [-0.4, -0.2) is 34.9 Å². The summed E-state index contributed by atoms with van der Waals surface area (Å²) in [6.07, 6.45) is 0.403. The monoisotopic (exact) mass is 347 g/mol. The summed E-state index contributed by atoms with van der Waals surface area (Å²) in [6.45, 7) is 1.08. The Morgan fingerprint density at radius 1 is 1.33 bits per heavy atom. The van der Waals surface area contributed by atoms with E-state index in [1.54, 1.807) is 25.1 Å². The number of carbonyl (C=O) groups excluding carboxylic acids is 1. The second-order valence-corrected chi connectivity index (χ2v) is 6.66. The maximum Gasteiger partial charge on any atom is 0.263 e. The molecule has 1 aromatic carbocycles. The van der Waals surface area contributed by atoms with Gasteiger partial charge in [0.2, 0.25) is 0 Å². The number of fused-ring (bicyclic) bond motifs is 1. The van der Waals surface area contributed by atoms with Crippen LogP contribution in [0.3, 0.4) is 0 Å². The van der Waals surface area contributed by atoms with E-state index in [0.29, 0.717) is 21.3 Å². The van der Waals surface area contributed by atoms with Crippen LogP contribution >= 0.6 is 34.5 Å². The van der Waals surface area contributed by atoms with Crippen molar-refractivity contribution in [1.29, 1.82) is 0 Å². The maximum absolute atomic E-state index is 12.4. The summed E-state index contributed by atoms with van der Waals surface area (Å²) in [5.41, 5.74) is -1.05. The molecule has 7 heteroatoms. The fraction of sp³-hybridized carbons (Fsp3) is 0.357. The number of aliphatic hydroxyl groups is 2. The molecule has 4 nitrogen and oxygen atoms in total. The molecule has 1 aromatic heterocycles. The van der Waals surface area contributed by atoms with E-state index in [9.17, 15) is 15.0 Å². The van der Waals surface area contributed by atoms with Crippen LogP contribution in [0.2, 0.25) is 10.0 Å². The SMILES string of the molecule is CCC(CO)(CO)NC(=O)c1sc2cc(Cl)ccc2c1Cl. The van der Waals surface area contributed by atoms with Gasteiger partial charge in [0.1, 0.15) is 4.88 Å². The molecule has 1 amide bonds. The molecule has 114 valence electrons. The van der Waals surface area contributed by atoms with Crippen molar-refractivity contribution in [3.8, 4) is 0 Å². The molecule has 0 aliphatic carbocycles. The average molecular weight is 348 g/mol. The van der Waals surface area contributed by atoms with Crippen molar-refractivity contribution in [2.24, 2.45) is 0 Å². The molecule has 1 heterocycles. The molecule has 3 N–H and O–H groups in total. The van der Waals surface area contributed by atoms with Crippen LogP contribution < -0.4 is 5.32 Å². The van der Waals surface area contributed by atoms with E-state index in [4.69, 9.17) is 23.2 Å². The van der Waals surface area contributed by atoms with Gasteiger partial charge in [-0.05, 0) is 18.6 Å². The lowest BCUT2D eigenvalue weighted by atomic mass is 9.98. The lowest BCUT2D eigenvalue weighted by molar-refractivity contribution is 0.0656. The van der Waals surface area contributed by atoms with Crippen LogP contribution in [0.5, 0.6) is 0 Å². The van der Waals surface area contributed by atoms with Crippen molar-refractivity contribution >= 4 is 50.5 Å². The Bertz CT molecular complexity index is 659. The van der Waals surface area contributed by atoms with Crippen LogP contribution in [-0.2, 0) is 0 Å². The minimum Gasteiger partial charge on any atom is -0.394 e. The molecule has 0 saturated carbocycles. The zero-order valence-corrected chi connectivity index (χ0v) is 13.6. The molecular weight excluding hydrogens is 333 g/mol. The zero-order valence-electron chi connectivity index (χ0n) is 11.3. The molecule has 0 saturated heterocycles. The lowest BCUT2D eigenvalue weighted by Gasteiger charge is -2.29. The van der Waals surface area contributed by atoms with Gasteiger partial charge in [0.05, 0.1) is 23.8 Å². The number of benzene rings is 1. The summed E-state index contributed by atoms with van der Waals surface area (Å²) in [5, 5.41) is 23.1. The first-order chi connectivity index (χ1) is 9.96. The molecule has 0 unspecified atom stereocenters. The Balaban J connectivity index is 2.37. The Morgan fingerprint density at radius 3 is 2.57 bits per heavy atom. The average Bonchev–Trinajstić information content (AvgIpc) is 2.81. The number of halogens is 2. The summed E-state index contributed by atoms with van der Waals surface area (Å²) in [4.78, 5) is 12.7. The van der Waals surface area contributed by atoms with Crippen molar-refractivity contribution in [3.05, 3.63) is 33.1 Å². The van der Waals surface area contributed by atoms with Crippen molar-refractivity contribution in [2.45, 2.75) is 18.9 Å². The molecule has 0 radical (unpaired) electrons. The predicted molar refractivity (Wildman–Crippen MR) is 86.5 cm³/mol. The zero-order chi connectivity index (χ0) is 15.6. The third-order valence-electron chi connectivity index (χ3n) is 3.46. The van der Waals surface area contributed by atoms with Gasteiger partial charge in [0.25, 0.3) is 5.91 Å². The van der Waals surface area contributed by atoms with Gasteiger partial charge in [0.15, 0.2) is 0 Å². The van der Waals surface area contributed by atoms with Gasteiger partial charge in [-0.3, -0.25) is 4.79 Å². The van der Waals surface area contributed by atoms with Crippen LogP contribution in [0.1, 0.15) is 23.0 Å². The molecule has 0 aliphatic rings. The summed E-state index contributed by atoms with van der Waals surface area (Å²) in [7, 11) is 0. The van der Waals surface area contributed by atoms with Crippen molar-refractivity contribution < 1.29 is 15.0 Å². The van der Waals surface area contributed by atoms with E-state index in [1.807, 2.05) is 0 Å². The first-order valence-electron chi connectivity index (χ1n) is 6.38. The maximum atomic E-state index is 12.4. The van der Waals surface area contributed by atoms with Gasteiger partial charge in [-0.15, -0.1) is 11.3 Å². The molecule has 0 fully saturated rings. The van der Waals surface area contributed by atoms with Crippen molar-refractivity contribution in [1.82, 2.24) is 5.32 Å². The number of thiophene rings is 1. The minimum absolute atomic E-state index is 0.341. The van der Waals surface area contributed by atoms with Gasteiger partial charge in [-0.25, -0.2) is 0 Å². The third kappa shape index (κ3) is 3.17. The topological polar surface area (TPSA) is 69.6 Å². The largest absolute Gasteiger partial charge is 0.394 e. The highest BCUT2D eigenvalue weighted by molar-refractivity contribution is 7.21. The molecule has 2 rings (SSSR count). The number of nitrogens with one attached hydrogen (secondary N) is 1. The number of hydrogen-bond acceptors (Lipinski definition) is 4. The van der Waals surface area contributed by atoms with Gasteiger partial charge in [-0.1, -0.05) is 36.2 Å². The van der Waals surface area contributed by atoms with Crippen molar-refractivity contribution in [2.75, 3.05) is 13.2 Å². The quantitative estimate of drug-likeness (QED) is 0.778. The number of hydrogen-bond donors (Lipinski definition) is 3. The smallest absolute Gasteiger partial charge is 0.263 e. The highest BCUT2D eigenvalue weighted by Crippen LogP contribution is 2.36. The Hall–Kier alpha value is -0.850. The van der Waals surface area contributed by atoms with Crippen LogP contribution in [0.15, 0.2) is 18.2 Å². The van der Waals surface area contributed by atoms with Crippen LogP contribution in [0, 0.1) is 0 Å². The van der Waals surface area contributed by atoms with E-state index in [0.717, 1.165) is 10.1 Å². The first kappa shape index (κ1) is 16.5. The predicted octanol–water partition coefficient (Wildman–Crippen LogP) is 3.07. The molecule has 0 aliphatic heterocycles. The fourth-order valence-electron chi connectivity index (χ4n) is 1.92. The van der Waals surface area contributed by atoms with Gasteiger partial charge >= 0.3 is 0 Å². The lowest BCUT2D eigenvalue weighted by Crippen LogP contribution is -2.53. The summed E-state index contributed by atoms with van der Waals surface area (Å²) in [5.74, 6) is -0.415. The third-order valence-corrected chi connectivity index (χ3v) is 5.35. The van der Waals surface area contributed by atoms with E-state index >= 15 is 0 Å². The Morgan fingerprint density at radius 2 is 2.00 bits per heavy atom. The van der Waals surface area contributed by atoms with Crippen LogP contribution in [0.4, 0.5) is 0 Å². The molecule has 0 bridgehead atoms. The van der Waals surface area contributed by atoms with Gasteiger partial charge < -0.3 is 15.5 Å². The summed E-state index contributed by atoms with van der Waals surface area (Å²) in [6, 6.07) is 5.22. The summed E-state index contributed by atoms with van der Waals surface area (Å²) >= 11 is 13.4. The Labute approximate surface area is 136 Å². The second-order valence-electron chi connectivity index (χ2n) is 4.79. The van der Waals surface area contributed by atoms with E-state index in [1.165, 1.54) is 11.3 Å². The second kappa shape index (κ2) is 6.50. The number of rotatable bonds is 5. The molecule has 2 aromatic rings. The minimum atomic E-state index is -1.05. The standard InChI is InChI=1S/C14H15Cl2NO3S/c1-2-14(6-18,7-19)17-13(20)12-11(16)9-4-3-8(15)5-10(9)21-12/h3-5,18-19H,2,6-7H2,1H3,(H,17,20). The van der Waals surface area contributed by atoms with E-state index in [-0.39, 0.29) is 13.2 Å². The highest BCUT2D eigenvalue weighted by Gasteiger charge is 2.30. The van der Waals surface area contributed by atoms with E-state index in [2.05, 4.69) is 5.32 Å². The van der Waals surface area contributed by atoms with Gasteiger partial charge in [-0.2, -0.15) is 0 Å². The number of amides is 1. The molecule has 0 atom stereocenters. The van der Waals surface area contributed by atoms with Crippen molar-refractivity contribution in [3.63, 3.8) is 0 Å². The highest BCUT2D eigenvalue weighted by atomic mass is 35.5. The number of carbonyl (C=O) groups is 1. The fourth-order valence-corrected chi connectivity index (χ4v) is 3.61. The molecule has 0 spiro atoms. The molecular formula is C14H15Cl2NO3S. The van der Waals surface area contributed by atoms with E-state index < -0.39 is 11.4 Å². The normalized spacial score (nSPS) is 11.9. The first-order valence-corrected chi connectivity index (χ1v) is 7.95. The number of aliphatic hydroxyl groups excluding tert-OH is 2. The summed E-state index contributed by atoms with van der Waals surface area (Å²) < 4.78 is 0.813.